The van der Waals surface area contributed by atoms with Gasteiger partial charge in [0.05, 0.1) is 0 Å². The third kappa shape index (κ3) is 4.78. The summed E-state index contributed by atoms with van der Waals surface area (Å²) in [6, 6.07) is 9.69. The van der Waals surface area contributed by atoms with Crippen LogP contribution in [0, 0.1) is 5.82 Å². The van der Waals surface area contributed by atoms with E-state index in [0.717, 1.165) is 6.07 Å². The predicted octanol–water partition coefficient (Wildman–Crippen LogP) is 1.96. The molecule has 0 saturated carbocycles. The predicted molar refractivity (Wildman–Crippen MR) is 116 cm³/mol. The molecule has 2 heterocycles. The molecule has 5 N–H and O–H groups in total. The molecule has 13 heteroatoms. The second kappa shape index (κ2) is 8.30. The molecule has 4 rings (SSSR count). The number of amides is 2. The van der Waals surface area contributed by atoms with Crippen molar-refractivity contribution in [2.45, 2.75) is 23.8 Å². The van der Waals surface area contributed by atoms with E-state index in [2.05, 4.69) is 10.3 Å². The van der Waals surface area contributed by atoms with E-state index in [1.807, 2.05) is 0 Å². The Hall–Kier alpha value is -3.19. The zero-order valence-corrected chi connectivity index (χ0v) is 18.4. The first-order valence-corrected chi connectivity index (χ1v) is 11.5. The molecule has 1 aliphatic rings. The van der Waals surface area contributed by atoms with Crippen molar-refractivity contribution in [3.8, 4) is 0 Å². The minimum absolute atomic E-state index is 0.0418. The van der Waals surface area contributed by atoms with Crippen molar-refractivity contribution in [3.05, 3.63) is 58.9 Å². The smallest absolute Gasteiger partial charge is 0.407 e. The van der Waals surface area contributed by atoms with Crippen molar-refractivity contribution in [1.29, 1.82) is 0 Å². The van der Waals surface area contributed by atoms with Crippen molar-refractivity contribution < 1.29 is 32.2 Å². The van der Waals surface area contributed by atoms with E-state index < -0.39 is 33.6 Å². The molecule has 1 aromatic heterocycles. The van der Waals surface area contributed by atoms with E-state index >= 15 is 0 Å². The van der Waals surface area contributed by atoms with E-state index in [1.165, 1.54) is 29.2 Å². The molecule has 0 bridgehead atoms. The molecule has 1 fully saturated rings. The molecule has 10 nitrogen and oxygen atoms in total. The van der Waals surface area contributed by atoms with E-state index in [4.69, 9.17) is 21.5 Å². The van der Waals surface area contributed by atoms with Crippen molar-refractivity contribution in [2.75, 3.05) is 11.4 Å². The molecule has 0 radical (unpaired) electrons. The van der Waals surface area contributed by atoms with Gasteiger partial charge in [0.25, 0.3) is 21.7 Å². The highest BCUT2D eigenvalue weighted by molar-refractivity contribution is 7.89. The van der Waals surface area contributed by atoms with Crippen LogP contribution in [0.3, 0.4) is 0 Å². The number of ether oxygens (including phenoxy) is 1. The molecular weight excluding hydrogens is 479 g/mol. The number of halogens is 2. The number of anilines is 1. The summed E-state index contributed by atoms with van der Waals surface area (Å²) >= 11 is 5.77. The van der Waals surface area contributed by atoms with Gasteiger partial charge in [-0.15, -0.1) is 0 Å². The van der Waals surface area contributed by atoms with Gasteiger partial charge in [0.1, 0.15) is 10.8 Å². The second-order valence-corrected chi connectivity index (χ2v) is 9.43. The average Bonchev–Trinajstić information content (AvgIpc) is 3.27. The summed E-state index contributed by atoms with van der Waals surface area (Å²) in [5.74, 6) is -3.85. The molecule has 1 aliphatic heterocycles. The zero-order valence-electron chi connectivity index (χ0n) is 16.8. The van der Waals surface area contributed by atoms with Gasteiger partial charge in [-0.2, -0.15) is 0 Å². The van der Waals surface area contributed by atoms with E-state index in [-0.39, 0.29) is 29.6 Å². The highest BCUT2D eigenvalue weighted by atomic mass is 35.5. The number of sulfonamides is 1. The fraction of sp³-hybridized carbons (Fsp3) is 0.200. The molecule has 3 aromatic rings. The van der Waals surface area contributed by atoms with Crippen LogP contribution in [0.4, 0.5) is 14.9 Å². The van der Waals surface area contributed by atoms with E-state index in [9.17, 15) is 27.5 Å². The molecule has 33 heavy (non-hydrogen) atoms. The minimum atomic E-state index is -3.94. The fourth-order valence-electron chi connectivity index (χ4n) is 3.52. The average molecular weight is 497 g/mol. The number of H-pyrrole nitrogens is 1. The number of hydrogen-bond donors (Lipinski definition) is 4. The van der Waals surface area contributed by atoms with Crippen LogP contribution in [0.5, 0.6) is 0 Å². The van der Waals surface area contributed by atoms with Gasteiger partial charge in [-0.05, 0) is 48.0 Å². The summed E-state index contributed by atoms with van der Waals surface area (Å²) in [4.78, 5) is 28.8. The normalized spacial score (nSPS) is 18.7. The number of fused-ring (bicyclic) bond motifs is 1. The van der Waals surface area contributed by atoms with E-state index in [0.29, 0.717) is 22.2 Å². The number of primary sulfonamides is 1. The van der Waals surface area contributed by atoms with Crippen LogP contribution in [-0.2, 0) is 26.1 Å². The highest BCUT2D eigenvalue weighted by Gasteiger charge is 2.49. The number of aromatic nitrogens is 1. The Morgan fingerprint density at radius 3 is 2.76 bits per heavy atom. The Morgan fingerprint density at radius 2 is 2.06 bits per heavy atom. The van der Waals surface area contributed by atoms with Crippen LogP contribution in [0.2, 0.25) is 5.02 Å². The van der Waals surface area contributed by atoms with Gasteiger partial charge in [-0.25, -0.2) is 22.7 Å². The third-order valence-corrected chi connectivity index (χ3v) is 6.12. The molecule has 0 spiro atoms. The summed E-state index contributed by atoms with van der Waals surface area (Å²) in [7, 11) is -3.94. The number of aliphatic hydroxyl groups is 1. The lowest BCUT2D eigenvalue weighted by Gasteiger charge is -2.22. The summed E-state index contributed by atoms with van der Waals surface area (Å²) < 4.78 is 41.4. The van der Waals surface area contributed by atoms with Gasteiger partial charge in [0, 0.05) is 41.1 Å². The van der Waals surface area contributed by atoms with Crippen LogP contribution in [-0.4, -0.2) is 42.8 Å². The van der Waals surface area contributed by atoms with Crippen LogP contribution in [0.25, 0.3) is 10.9 Å². The summed E-state index contributed by atoms with van der Waals surface area (Å²) in [5.41, 5.74) is 1.21. The molecule has 174 valence electrons. The maximum atomic E-state index is 13.4. The van der Waals surface area contributed by atoms with Crippen molar-refractivity contribution >= 4 is 50.2 Å². The quantitative estimate of drug-likeness (QED) is 0.396. The number of rotatable bonds is 5. The number of nitrogens with one attached hydrogen (secondary N) is 2. The van der Waals surface area contributed by atoms with Crippen molar-refractivity contribution in [2.24, 2.45) is 5.14 Å². The van der Waals surface area contributed by atoms with Crippen LogP contribution >= 0.6 is 11.6 Å². The maximum absolute atomic E-state index is 13.4. The Bertz CT molecular complexity index is 1360. The van der Waals surface area contributed by atoms with Crippen LogP contribution < -0.4 is 15.4 Å². The molecule has 0 aliphatic carbocycles. The lowest BCUT2D eigenvalue weighted by molar-refractivity contribution is -0.175. The molecule has 2 aromatic carbocycles. The first-order valence-electron chi connectivity index (χ1n) is 9.56. The number of nitrogens with two attached hydrogens (primary N) is 1. The van der Waals surface area contributed by atoms with Crippen molar-refractivity contribution in [3.63, 3.8) is 0 Å². The molecule has 0 unspecified atom stereocenters. The summed E-state index contributed by atoms with van der Waals surface area (Å²) in [5, 5.41) is 18.5. The lowest BCUT2D eigenvalue weighted by Crippen LogP contribution is -2.46. The zero-order chi connectivity index (χ0) is 24.0. The number of carbonyl (C=O) groups excluding carboxylic acids is 2. The lowest BCUT2D eigenvalue weighted by atomic mass is 10.2. The van der Waals surface area contributed by atoms with Crippen LogP contribution in [0.1, 0.15) is 12.0 Å². The molecule has 2 amide bonds. The minimum Gasteiger partial charge on any atom is -0.407 e. The largest absolute Gasteiger partial charge is 0.410 e. The monoisotopic (exact) mass is 496 g/mol. The van der Waals surface area contributed by atoms with Crippen molar-refractivity contribution in [1.82, 2.24) is 10.3 Å². The van der Waals surface area contributed by atoms with Gasteiger partial charge in [0.2, 0.25) is 0 Å². The number of nitrogens with zero attached hydrogens (tertiary/aromatic N) is 1. The Balaban J connectivity index is 1.45. The van der Waals surface area contributed by atoms with E-state index in [1.54, 1.807) is 12.1 Å². The maximum Gasteiger partial charge on any atom is 0.410 e. The number of aromatic amines is 1. The Morgan fingerprint density at radius 1 is 1.30 bits per heavy atom. The molecule has 1 atom stereocenters. The van der Waals surface area contributed by atoms with Gasteiger partial charge in [-0.1, -0.05) is 11.6 Å². The number of carbonyl (C=O) groups is 2. The number of alkyl carbamates (subject to hydrolysis) is 1. The first kappa shape index (κ1) is 23.0. The van der Waals surface area contributed by atoms with Gasteiger partial charge in [0.15, 0.2) is 0 Å². The summed E-state index contributed by atoms with van der Waals surface area (Å²) in [6.45, 7) is -0.0963. The molecule has 1 saturated heterocycles. The Kier molecular flexibility index (Phi) is 5.78. The van der Waals surface area contributed by atoms with Crippen LogP contribution in [0.15, 0.2) is 47.5 Å². The van der Waals surface area contributed by atoms with Gasteiger partial charge < -0.3 is 25.0 Å². The number of hydrogen-bond acceptors (Lipinski definition) is 6. The SMILES string of the molecule is NS(=O)(=O)c1cc2cc(N3CC[C@](O)(OC(=O)NCc4cc(F)cc(Cl)c4)C3=O)ccc2[nH]1. The summed E-state index contributed by atoms with van der Waals surface area (Å²) in [6.07, 6.45) is -1.27. The molecular formula is C20H18ClFN4O6S. The topological polar surface area (TPSA) is 155 Å². The Labute approximate surface area is 192 Å². The fourth-order valence-corrected chi connectivity index (χ4v) is 4.30. The highest BCUT2D eigenvalue weighted by Crippen LogP contribution is 2.32. The first-order chi connectivity index (χ1) is 15.4. The van der Waals surface area contributed by atoms with Gasteiger partial charge in [-0.3, -0.25) is 4.79 Å². The van der Waals surface area contributed by atoms with Gasteiger partial charge >= 0.3 is 6.09 Å². The third-order valence-electron chi connectivity index (χ3n) is 5.07. The number of benzene rings is 2. The second-order valence-electron chi connectivity index (χ2n) is 7.46. The standard InChI is InChI=1S/C20H18ClFN4O6S/c21-13-5-11(6-14(22)9-13)10-24-19(28)32-20(29)3-4-26(18(20)27)15-1-2-16-12(7-15)8-17(25-16)33(23,30)31/h1-2,5-9,25,29H,3-4,10H2,(H,24,28)(H2,23,30,31)/t20-/m0/s1.